The third kappa shape index (κ3) is 3.31. The van der Waals surface area contributed by atoms with Crippen LogP contribution in [0.15, 0.2) is 36.8 Å². The standard InChI is InChI=1S/C20H20N6O3/c1-4-13-6-5-7-15-16(9-21-19(13)15)17(27)11-29-20(28)18-12(2)26(24-23-18)14-8-22-25(3)10-14/h5-10,21H,4,11H2,1-3H3. The predicted molar refractivity (Wildman–Crippen MR) is 105 cm³/mol. The number of ether oxygens (including phenoxy) is 1. The first-order chi connectivity index (χ1) is 14.0. The molecule has 0 saturated heterocycles. The summed E-state index contributed by atoms with van der Waals surface area (Å²) in [7, 11) is 1.78. The molecule has 0 fully saturated rings. The lowest BCUT2D eigenvalue weighted by molar-refractivity contribution is 0.0468. The molecule has 0 unspecified atom stereocenters. The van der Waals surface area contributed by atoms with Gasteiger partial charge in [-0.3, -0.25) is 9.48 Å². The van der Waals surface area contributed by atoms with Crippen molar-refractivity contribution < 1.29 is 14.3 Å². The molecule has 4 rings (SSSR count). The maximum Gasteiger partial charge on any atom is 0.361 e. The topological polar surface area (TPSA) is 108 Å². The lowest BCUT2D eigenvalue weighted by atomic mass is 10.1. The van der Waals surface area contributed by atoms with E-state index >= 15 is 0 Å². The van der Waals surface area contributed by atoms with Gasteiger partial charge in [0.15, 0.2) is 12.3 Å². The van der Waals surface area contributed by atoms with Crippen molar-refractivity contribution in [1.82, 2.24) is 29.8 Å². The summed E-state index contributed by atoms with van der Waals surface area (Å²) in [5.74, 6) is -0.977. The second kappa shape index (κ2) is 7.34. The van der Waals surface area contributed by atoms with Crippen LogP contribution in [0.2, 0.25) is 0 Å². The quantitative estimate of drug-likeness (QED) is 0.399. The van der Waals surface area contributed by atoms with E-state index < -0.39 is 5.97 Å². The van der Waals surface area contributed by atoms with E-state index in [1.807, 2.05) is 18.2 Å². The number of nitrogens with zero attached hydrogens (tertiary/aromatic N) is 5. The first-order valence-corrected chi connectivity index (χ1v) is 9.20. The Morgan fingerprint density at radius 3 is 2.83 bits per heavy atom. The average Bonchev–Trinajstić information content (AvgIpc) is 3.43. The van der Waals surface area contributed by atoms with Crippen LogP contribution in [0.5, 0.6) is 0 Å². The first-order valence-electron chi connectivity index (χ1n) is 9.20. The van der Waals surface area contributed by atoms with E-state index in [-0.39, 0.29) is 18.1 Å². The molecule has 0 atom stereocenters. The second-order valence-corrected chi connectivity index (χ2v) is 6.70. The minimum absolute atomic E-state index is 0.0637. The number of nitrogens with one attached hydrogen (secondary N) is 1. The molecule has 4 aromatic rings. The number of benzene rings is 1. The summed E-state index contributed by atoms with van der Waals surface area (Å²) in [6, 6.07) is 5.81. The second-order valence-electron chi connectivity index (χ2n) is 6.70. The van der Waals surface area contributed by atoms with E-state index in [9.17, 15) is 9.59 Å². The lowest BCUT2D eigenvalue weighted by Crippen LogP contribution is -2.15. The van der Waals surface area contributed by atoms with Crippen LogP contribution in [0.4, 0.5) is 0 Å². The molecule has 3 heterocycles. The maximum atomic E-state index is 12.6. The summed E-state index contributed by atoms with van der Waals surface area (Å²) in [5.41, 5.74) is 3.81. The Morgan fingerprint density at radius 2 is 2.10 bits per heavy atom. The van der Waals surface area contributed by atoms with Gasteiger partial charge in [-0.1, -0.05) is 30.3 Å². The summed E-state index contributed by atoms with van der Waals surface area (Å²) >= 11 is 0. The van der Waals surface area contributed by atoms with Gasteiger partial charge in [-0.25, -0.2) is 9.48 Å². The van der Waals surface area contributed by atoms with Gasteiger partial charge in [-0.15, -0.1) is 5.10 Å². The van der Waals surface area contributed by atoms with Gasteiger partial charge in [0.05, 0.1) is 18.1 Å². The van der Waals surface area contributed by atoms with Gasteiger partial charge in [0.1, 0.15) is 5.69 Å². The molecule has 0 aliphatic carbocycles. The molecule has 1 N–H and O–H groups in total. The number of Topliss-reactive ketones (excluding diaryl/α,β-unsaturated/α-hetero) is 1. The highest BCUT2D eigenvalue weighted by Gasteiger charge is 2.21. The molecule has 148 valence electrons. The van der Waals surface area contributed by atoms with Crippen LogP contribution in [0.1, 0.15) is 39.0 Å². The Balaban J connectivity index is 1.49. The Hall–Kier alpha value is -3.75. The zero-order valence-corrected chi connectivity index (χ0v) is 16.3. The molecule has 0 aliphatic rings. The van der Waals surface area contributed by atoms with Crippen LogP contribution in [0.3, 0.4) is 0 Å². The van der Waals surface area contributed by atoms with Crippen molar-refractivity contribution in [3.63, 3.8) is 0 Å². The van der Waals surface area contributed by atoms with Crippen molar-refractivity contribution in [3.8, 4) is 5.69 Å². The van der Waals surface area contributed by atoms with Crippen molar-refractivity contribution in [2.75, 3.05) is 6.61 Å². The van der Waals surface area contributed by atoms with Gasteiger partial charge in [0.25, 0.3) is 0 Å². The van der Waals surface area contributed by atoms with Crippen molar-refractivity contribution in [3.05, 3.63) is 59.3 Å². The molecule has 9 nitrogen and oxygen atoms in total. The number of hydrogen-bond donors (Lipinski definition) is 1. The van der Waals surface area contributed by atoms with Gasteiger partial charge in [-0.2, -0.15) is 5.10 Å². The Morgan fingerprint density at radius 1 is 1.28 bits per heavy atom. The van der Waals surface area contributed by atoms with Crippen LogP contribution in [-0.2, 0) is 18.2 Å². The third-order valence-electron chi connectivity index (χ3n) is 4.84. The number of carbonyl (C=O) groups is 2. The lowest BCUT2D eigenvalue weighted by Gasteiger charge is -2.04. The zero-order valence-electron chi connectivity index (χ0n) is 16.3. The zero-order chi connectivity index (χ0) is 20.5. The van der Waals surface area contributed by atoms with Gasteiger partial charge < -0.3 is 9.72 Å². The molecule has 0 saturated carbocycles. The molecule has 1 aromatic carbocycles. The minimum Gasteiger partial charge on any atom is -0.452 e. The maximum absolute atomic E-state index is 12.6. The number of esters is 1. The fourth-order valence-corrected chi connectivity index (χ4v) is 3.30. The number of aryl methyl sites for hydroxylation is 2. The number of aromatic amines is 1. The van der Waals surface area contributed by atoms with Gasteiger partial charge in [0.2, 0.25) is 5.78 Å². The normalized spacial score (nSPS) is 11.1. The van der Waals surface area contributed by atoms with Crippen LogP contribution >= 0.6 is 0 Å². The van der Waals surface area contributed by atoms with E-state index in [1.165, 1.54) is 4.68 Å². The number of ketones is 1. The van der Waals surface area contributed by atoms with Crippen LogP contribution in [-0.4, -0.2) is 48.1 Å². The highest BCUT2D eigenvalue weighted by Crippen LogP contribution is 2.23. The predicted octanol–water partition coefficient (Wildman–Crippen LogP) is 2.39. The van der Waals surface area contributed by atoms with Crippen molar-refractivity contribution in [2.24, 2.45) is 7.05 Å². The Kier molecular flexibility index (Phi) is 4.71. The largest absolute Gasteiger partial charge is 0.452 e. The van der Waals surface area contributed by atoms with Crippen molar-refractivity contribution in [2.45, 2.75) is 20.3 Å². The van der Waals surface area contributed by atoms with Gasteiger partial charge in [-0.05, 0) is 18.9 Å². The molecule has 0 bridgehead atoms. The Labute approximate surface area is 166 Å². The number of fused-ring (bicyclic) bond motifs is 1. The number of H-pyrrole nitrogens is 1. The summed E-state index contributed by atoms with van der Waals surface area (Å²) in [5, 5.41) is 12.8. The third-order valence-corrected chi connectivity index (χ3v) is 4.84. The van der Waals surface area contributed by atoms with Crippen molar-refractivity contribution >= 4 is 22.7 Å². The molecule has 0 amide bonds. The number of hydrogen-bond acceptors (Lipinski definition) is 6. The summed E-state index contributed by atoms with van der Waals surface area (Å²) in [4.78, 5) is 28.2. The SMILES string of the molecule is CCc1cccc2c(C(=O)COC(=O)c3nnn(-c4cnn(C)c4)c3C)c[nH]c12. The van der Waals surface area contributed by atoms with Crippen LogP contribution in [0, 0.1) is 6.92 Å². The number of carbonyl (C=O) groups excluding carboxylic acids is 2. The van der Waals surface area contributed by atoms with E-state index in [0.29, 0.717) is 16.9 Å². The highest BCUT2D eigenvalue weighted by atomic mass is 16.5. The molecular formula is C20H20N6O3. The molecule has 0 aliphatic heterocycles. The summed E-state index contributed by atoms with van der Waals surface area (Å²) in [6.07, 6.45) is 5.88. The monoisotopic (exact) mass is 392 g/mol. The average molecular weight is 392 g/mol. The highest BCUT2D eigenvalue weighted by molar-refractivity contribution is 6.09. The molecule has 3 aromatic heterocycles. The van der Waals surface area contributed by atoms with E-state index in [4.69, 9.17) is 4.74 Å². The van der Waals surface area contributed by atoms with Crippen molar-refractivity contribution in [1.29, 1.82) is 0 Å². The van der Waals surface area contributed by atoms with Gasteiger partial charge >= 0.3 is 5.97 Å². The minimum atomic E-state index is -0.694. The number of para-hydroxylation sites is 1. The molecular weight excluding hydrogens is 372 g/mol. The number of aromatic nitrogens is 6. The summed E-state index contributed by atoms with van der Waals surface area (Å²) in [6.45, 7) is 3.39. The first kappa shape index (κ1) is 18.6. The van der Waals surface area contributed by atoms with E-state index in [2.05, 4.69) is 27.3 Å². The molecule has 0 radical (unpaired) electrons. The molecule has 29 heavy (non-hydrogen) atoms. The smallest absolute Gasteiger partial charge is 0.361 e. The Bertz CT molecular complexity index is 1220. The van der Waals surface area contributed by atoms with Crippen LogP contribution < -0.4 is 0 Å². The molecule has 0 spiro atoms. The fourth-order valence-electron chi connectivity index (χ4n) is 3.30. The number of rotatable bonds is 6. The van der Waals surface area contributed by atoms with E-state index in [0.717, 1.165) is 22.9 Å². The van der Waals surface area contributed by atoms with E-state index in [1.54, 1.807) is 37.2 Å². The summed E-state index contributed by atoms with van der Waals surface area (Å²) < 4.78 is 8.34. The fraction of sp³-hybridized carbons (Fsp3) is 0.250. The molecule has 9 heteroatoms. The van der Waals surface area contributed by atoms with Gasteiger partial charge in [0, 0.05) is 29.7 Å². The van der Waals surface area contributed by atoms with Crippen LogP contribution in [0.25, 0.3) is 16.6 Å².